The molecule has 2 aliphatic heterocycles. The molecular formula is C23H29N3O4S. The van der Waals surface area contributed by atoms with Gasteiger partial charge in [-0.3, -0.25) is 0 Å². The van der Waals surface area contributed by atoms with Gasteiger partial charge < -0.3 is 15.0 Å². The number of morpholine rings is 1. The first-order valence-electron chi connectivity index (χ1n) is 10.7. The van der Waals surface area contributed by atoms with E-state index >= 15 is 0 Å². The van der Waals surface area contributed by atoms with Gasteiger partial charge in [0, 0.05) is 32.7 Å². The van der Waals surface area contributed by atoms with Gasteiger partial charge in [0.1, 0.15) is 0 Å². The van der Waals surface area contributed by atoms with E-state index in [-0.39, 0.29) is 17.7 Å². The average molecular weight is 444 g/mol. The van der Waals surface area contributed by atoms with E-state index in [9.17, 15) is 13.2 Å². The standard InChI is InChI=1S/C23H29N3O4S/c1-18-15-25(16-20-7-4-5-9-22(18)20)23(27)24-14-19-6-2-3-8-21(19)17-31(28,29)26-10-12-30-13-11-26/h2-9,18H,10-17H2,1H3,(H,24,27). The SMILES string of the molecule is CC1CN(C(=O)NCc2ccccc2CS(=O)(=O)N2CCOCC2)Cc2ccccc21. The summed E-state index contributed by atoms with van der Waals surface area (Å²) < 4.78 is 32.4. The van der Waals surface area contributed by atoms with Crippen molar-refractivity contribution < 1.29 is 17.9 Å². The van der Waals surface area contributed by atoms with Gasteiger partial charge in [-0.2, -0.15) is 4.31 Å². The van der Waals surface area contributed by atoms with Gasteiger partial charge in [-0.1, -0.05) is 55.5 Å². The van der Waals surface area contributed by atoms with Crippen LogP contribution in [0.2, 0.25) is 0 Å². The second-order valence-corrected chi connectivity index (χ2v) is 10.1. The van der Waals surface area contributed by atoms with Gasteiger partial charge in [0.25, 0.3) is 0 Å². The zero-order valence-electron chi connectivity index (χ0n) is 17.8. The van der Waals surface area contributed by atoms with Crippen LogP contribution in [0, 0.1) is 0 Å². The maximum absolute atomic E-state index is 12.8. The predicted octanol–water partition coefficient (Wildman–Crippen LogP) is 2.68. The number of carbonyl (C=O) groups is 1. The highest BCUT2D eigenvalue weighted by molar-refractivity contribution is 7.88. The van der Waals surface area contributed by atoms with Crippen LogP contribution in [0.4, 0.5) is 4.79 Å². The number of carbonyl (C=O) groups excluding carboxylic acids is 1. The second-order valence-electron chi connectivity index (χ2n) is 8.18. The molecule has 4 rings (SSSR count). The summed E-state index contributed by atoms with van der Waals surface area (Å²) in [5, 5.41) is 2.98. The first-order chi connectivity index (χ1) is 14.9. The lowest BCUT2D eigenvalue weighted by Gasteiger charge is -2.33. The lowest BCUT2D eigenvalue weighted by molar-refractivity contribution is 0.0729. The molecule has 8 heteroatoms. The van der Waals surface area contributed by atoms with Gasteiger partial charge in [0.15, 0.2) is 0 Å². The number of amides is 2. The lowest BCUT2D eigenvalue weighted by Crippen LogP contribution is -2.43. The third kappa shape index (κ3) is 5.08. The van der Waals surface area contributed by atoms with Crippen LogP contribution in [0.5, 0.6) is 0 Å². The van der Waals surface area contributed by atoms with Crippen LogP contribution >= 0.6 is 0 Å². The number of sulfonamides is 1. The Kier molecular flexibility index (Phi) is 6.60. The van der Waals surface area contributed by atoms with Crippen LogP contribution in [0.3, 0.4) is 0 Å². The average Bonchev–Trinajstić information content (AvgIpc) is 2.78. The third-order valence-electron chi connectivity index (χ3n) is 5.98. The van der Waals surface area contributed by atoms with E-state index in [1.165, 1.54) is 15.4 Å². The largest absolute Gasteiger partial charge is 0.379 e. The van der Waals surface area contributed by atoms with Crippen molar-refractivity contribution >= 4 is 16.1 Å². The maximum atomic E-state index is 12.8. The highest BCUT2D eigenvalue weighted by Gasteiger charge is 2.27. The quantitative estimate of drug-likeness (QED) is 0.771. The van der Waals surface area contributed by atoms with E-state index in [1.807, 2.05) is 41.3 Å². The van der Waals surface area contributed by atoms with Crippen LogP contribution in [-0.4, -0.2) is 56.5 Å². The molecule has 1 atom stereocenters. The van der Waals surface area contributed by atoms with Crippen LogP contribution < -0.4 is 5.32 Å². The summed E-state index contributed by atoms with van der Waals surface area (Å²) in [5.41, 5.74) is 4.00. The van der Waals surface area contributed by atoms with Crippen LogP contribution in [-0.2, 0) is 33.6 Å². The summed E-state index contributed by atoms with van der Waals surface area (Å²) in [4.78, 5) is 14.7. The molecule has 1 saturated heterocycles. The number of rotatable bonds is 5. The summed E-state index contributed by atoms with van der Waals surface area (Å²) in [6, 6.07) is 15.5. The summed E-state index contributed by atoms with van der Waals surface area (Å²) in [6.45, 7) is 5.29. The molecule has 166 valence electrons. The molecule has 1 N–H and O–H groups in total. The van der Waals surface area contributed by atoms with Crippen molar-refractivity contribution in [2.24, 2.45) is 0 Å². The Morgan fingerprint density at radius 3 is 2.52 bits per heavy atom. The van der Waals surface area contributed by atoms with Crippen molar-refractivity contribution in [1.82, 2.24) is 14.5 Å². The summed E-state index contributed by atoms with van der Waals surface area (Å²) in [6.07, 6.45) is 0. The highest BCUT2D eigenvalue weighted by atomic mass is 32.2. The number of hydrogen-bond acceptors (Lipinski definition) is 4. The van der Waals surface area contributed by atoms with Crippen molar-refractivity contribution in [3.05, 3.63) is 70.8 Å². The predicted molar refractivity (Wildman–Crippen MR) is 119 cm³/mol. The molecule has 2 aromatic carbocycles. The van der Waals surface area contributed by atoms with Crippen molar-refractivity contribution in [1.29, 1.82) is 0 Å². The Morgan fingerprint density at radius 2 is 1.74 bits per heavy atom. The normalized spacial score (nSPS) is 19.6. The zero-order valence-corrected chi connectivity index (χ0v) is 18.6. The van der Waals surface area contributed by atoms with Gasteiger partial charge >= 0.3 is 6.03 Å². The smallest absolute Gasteiger partial charge is 0.317 e. The Balaban J connectivity index is 1.41. The summed E-state index contributed by atoms with van der Waals surface area (Å²) >= 11 is 0. The highest BCUT2D eigenvalue weighted by Crippen LogP contribution is 2.27. The van der Waals surface area contributed by atoms with Crippen molar-refractivity contribution in [2.75, 3.05) is 32.8 Å². The second kappa shape index (κ2) is 9.38. The minimum absolute atomic E-state index is 0.0762. The molecule has 0 radical (unpaired) electrons. The minimum atomic E-state index is -3.43. The van der Waals surface area contributed by atoms with Gasteiger partial charge in [-0.05, 0) is 28.2 Å². The lowest BCUT2D eigenvalue weighted by atomic mass is 9.91. The number of urea groups is 1. The van der Waals surface area contributed by atoms with E-state index < -0.39 is 10.0 Å². The number of fused-ring (bicyclic) bond motifs is 1. The van der Waals surface area contributed by atoms with E-state index in [0.717, 1.165) is 5.56 Å². The molecule has 2 aromatic rings. The fourth-order valence-corrected chi connectivity index (χ4v) is 5.84. The first-order valence-corrected chi connectivity index (χ1v) is 12.3. The molecule has 2 amide bonds. The van der Waals surface area contributed by atoms with E-state index in [4.69, 9.17) is 4.74 Å². The van der Waals surface area contributed by atoms with Gasteiger partial charge in [0.05, 0.1) is 19.0 Å². The molecule has 0 bridgehead atoms. The van der Waals surface area contributed by atoms with Gasteiger partial charge in [0.2, 0.25) is 10.0 Å². The van der Waals surface area contributed by atoms with Crippen molar-refractivity contribution in [3.63, 3.8) is 0 Å². The van der Waals surface area contributed by atoms with E-state index in [1.54, 1.807) is 0 Å². The van der Waals surface area contributed by atoms with Gasteiger partial charge in [-0.15, -0.1) is 0 Å². The number of nitrogens with one attached hydrogen (secondary N) is 1. The molecule has 1 fully saturated rings. The molecule has 31 heavy (non-hydrogen) atoms. The maximum Gasteiger partial charge on any atom is 0.317 e. The molecule has 2 aliphatic rings. The van der Waals surface area contributed by atoms with Crippen molar-refractivity contribution in [2.45, 2.75) is 31.7 Å². The number of benzene rings is 2. The molecule has 7 nitrogen and oxygen atoms in total. The number of ether oxygens (including phenoxy) is 1. The fraction of sp³-hybridized carbons (Fsp3) is 0.435. The van der Waals surface area contributed by atoms with Crippen LogP contribution in [0.1, 0.15) is 35.1 Å². The molecule has 0 aromatic heterocycles. The molecule has 0 saturated carbocycles. The van der Waals surface area contributed by atoms with E-state index in [0.29, 0.717) is 51.5 Å². The first kappa shape index (κ1) is 21.8. The summed E-state index contributed by atoms with van der Waals surface area (Å²) in [7, 11) is -3.43. The Morgan fingerprint density at radius 1 is 1.06 bits per heavy atom. The Bertz CT molecular complexity index is 1030. The van der Waals surface area contributed by atoms with Crippen LogP contribution in [0.25, 0.3) is 0 Å². The van der Waals surface area contributed by atoms with E-state index in [2.05, 4.69) is 24.4 Å². The number of hydrogen-bond donors (Lipinski definition) is 1. The summed E-state index contributed by atoms with van der Waals surface area (Å²) in [5.74, 6) is 0.203. The topological polar surface area (TPSA) is 79.0 Å². The van der Waals surface area contributed by atoms with Crippen molar-refractivity contribution in [3.8, 4) is 0 Å². The molecule has 0 spiro atoms. The monoisotopic (exact) mass is 443 g/mol. The zero-order chi connectivity index (χ0) is 21.8. The van der Waals surface area contributed by atoms with Gasteiger partial charge in [-0.25, -0.2) is 13.2 Å². The van der Waals surface area contributed by atoms with Crippen LogP contribution in [0.15, 0.2) is 48.5 Å². The Hall–Kier alpha value is -2.42. The number of nitrogens with zero attached hydrogens (tertiary/aromatic N) is 2. The minimum Gasteiger partial charge on any atom is -0.379 e. The molecule has 2 heterocycles. The fourth-order valence-electron chi connectivity index (χ4n) is 4.28. The molecule has 0 aliphatic carbocycles. The third-order valence-corrected chi connectivity index (χ3v) is 7.81. The molecule has 1 unspecified atom stereocenters. The molecular weight excluding hydrogens is 414 g/mol. The Labute approximate surface area is 184 Å².